The number of amides is 4. The van der Waals surface area contributed by atoms with Crippen molar-refractivity contribution in [3.63, 3.8) is 0 Å². The normalized spacial score (nSPS) is 24.3. The first-order valence-electron chi connectivity index (χ1n) is 13.7. The van der Waals surface area contributed by atoms with E-state index in [0.717, 1.165) is 10.5 Å². The second-order valence-corrected chi connectivity index (χ2v) is 12.3. The maximum atomic E-state index is 13.8. The van der Waals surface area contributed by atoms with E-state index in [1.807, 2.05) is 32.0 Å². The number of benzene rings is 1. The first-order chi connectivity index (χ1) is 19.0. The molecule has 9 nitrogen and oxygen atoms in total. The molecular weight excluding hydrogens is 539 g/mol. The summed E-state index contributed by atoms with van der Waals surface area (Å²) in [6.45, 7) is 8.43. The predicted octanol–water partition coefficient (Wildman–Crippen LogP) is 2.63. The summed E-state index contributed by atoms with van der Waals surface area (Å²) in [5.41, 5.74) is 0.823. The van der Waals surface area contributed by atoms with Gasteiger partial charge in [-0.05, 0) is 36.7 Å². The van der Waals surface area contributed by atoms with Crippen LogP contribution in [0.15, 0.2) is 24.3 Å². The Balaban J connectivity index is 1.80. The minimum Gasteiger partial charge on any atom is -0.356 e. The quantitative estimate of drug-likeness (QED) is 0.437. The van der Waals surface area contributed by atoms with Gasteiger partial charge in [-0.15, -0.1) is 0 Å². The first kappa shape index (κ1) is 31.9. The van der Waals surface area contributed by atoms with Crippen molar-refractivity contribution in [2.75, 3.05) is 13.1 Å². The van der Waals surface area contributed by atoms with E-state index in [2.05, 4.69) is 16.0 Å². The number of nitriles is 1. The van der Waals surface area contributed by atoms with Crippen LogP contribution in [0.3, 0.4) is 0 Å². The van der Waals surface area contributed by atoms with Gasteiger partial charge in [0.15, 0.2) is 0 Å². The van der Waals surface area contributed by atoms with E-state index in [9.17, 15) is 37.6 Å². The lowest BCUT2D eigenvalue weighted by Crippen LogP contribution is -2.58. The molecule has 4 amide bonds. The van der Waals surface area contributed by atoms with Crippen LogP contribution < -0.4 is 16.0 Å². The Kier molecular flexibility index (Phi) is 9.72. The fourth-order valence-corrected chi connectivity index (χ4v) is 5.28. The Hall–Kier alpha value is -3.62. The molecule has 1 aromatic rings. The summed E-state index contributed by atoms with van der Waals surface area (Å²) in [5, 5.41) is 17.5. The molecule has 0 aromatic heterocycles. The fraction of sp³-hybridized carbons (Fsp3) is 0.621. The van der Waals surface area contributed by atoms with Gasteiger partial charge in [0.25, 0.3) is 0 Å². The highest BCUT2D eigenvalue weighted by Gasteiger charge is 2.53. The van der Waals surface area contributed by atoms with Crippen molar-refractivity contribution in [3.05, 3.63) is 35.4 Å². The van der Waals surface area contributed by atoms with Crippen LogP contribution in [0.25, 0.3) is 0 Å². The van der Waals surface area contributed by atoms with Crippen molar-refractivity contribution in [2.45, 2.75) is 78.2 Å². The maximum Gasteiger partial charge on any atom is 0.393 e. The molecule has 2 aliphatic heterocycles. The molecule has 0 saturated carbocycles. The van der Waals surface area contributed by atoms with Gasteiger partial charge in [0, 0.05) is 19.0 Å². The van der Waals surface area contributed by atoms with E-state index in [0.29, 0.717) is 12.1 Å². The molecule has 0 radical (unpaired) electrons. The molecule has 2 saturated heterocycles. The molecule has 2 aliphatic rings. The van der Waals surface area contributed by atoms with Crippen molar-refractivity contribution in [1.29, 1.82) is 5.26 Å². The molecule has 6 atom stereocenters. The standard InChI is InChI=1S/C29H38F3N5O4/c1-16-6-8-18(9-7-16)10-23(38)36-24(28(3,4)5)27(41)37-15-19(29(30,31)32)11-22(37)26(40)35-20(13-33)12-21-17(2)14-34-25(21)39/h6-9,17,19-22,24H,10-12,14-15H2,1-5H3,(H,34,39)(H,35,40)(H,36,38)/t17-,19+,20-,21+,22-,24+/m0/s1. The Labute approximate surface area is 238 Å². The molecule has 3 N–H and O–H groups in total. The van der Waals surface area contributed by atoms with E-state index in [1.165, 1.54) is 0 Å². The zero-order chi connectivity index (χ0) is 30.7. The highest BCUT2D eigenvalue weighted by molar-refractivity contribution is 5.93. The molecule has 1 aromatic carbocycles. The molecular formula is C29H38F3N5O4. The Morgan fingerprint density at radius 2 is 1.78 bits per heavy atom. The molecule has 224 valence electrons. The second-order valence-electron chi connectivity index (χ2n) is 12.3. The average molecular weight is 578 g/mol. The van der Waals surface area contributed by atoms with Crippen molar-refractivity contribution in [3.8, 4) is 6.07 Å². The summed E-state index contributed by atoms with van der Waals surface area (Å²) < 4.78 is 41.4. The van der Waals surface area contributed by atoms with Crippen LogP contribution in [-0.2, 0) is 25.6 Å². The van der Waals surface area contributed by atoms with Crippen LogP contribution in [0.2, 0.25) is 0 Å². The first-order valence-corrected chi connectivity index (χ1v) is 13.7. The van der Waals surface area contributed by atoms with Gasteiger partial charge >= 0.3 is 6.18 Å². The minimum absolute atomic E-state index is 0.00170. The van der Waals surface area contributed by atoms with Crippen LogP contribution in [0.4, 0.5) is 13.2 Å². The monoisotopic (exact) mass is 577 g/mol. The molecule has 0 bridgehead atoms. The van der Waals surface area contributed by atoms with Crippen LogP contribution in [-0.4, -0.2) is 65.9 Å². The van der Waals surface area contributed by atoms with Crippen LogP contribution >= 0.6 is 0 Å². The number of rotatable bonds is 8. The van der Waals surface area contributed by atoms with Gasteiger partial charge in [-0.2, -0.15) is 18.4 Å². The lowest BCUT2D eigenvalue weighted by atomic mass is 9.85. The molecule has 3 rings (SSSR count). The third-order valence-electron chi connectivity index (χ3n) is 7.84. The van der Waals surface area contributed by atoms with Crippen molar-refractivity contribution in [1.82, 2.24) is 20.9 Å². The largest absolute Gasteiger partial charge is 0.393 e. The molecule has 2 heterocycles. The molecule has 0 unspecified atom stereocenters. The van der Waals surface area contributed by atoms with Crippen molar-refractivity contribution >= 4 is 23.6 Å². The van der Waals surface area contributed by atoms with E-state index in [1.54, 1.807) is 32.9 Å². The maximum absolute atomic E-state index is 13.8. The number of aryl methyl sites for hydroxylation is 1. The third-order valence-corrected chi connectivity index (χ3v) is 7.84. The Morgan fingerprint density at radius 3 is 2.29 bits per heavy atom. The summed E-state index contributed by atoms with van der Waals surface area (Å²) in [6.07, 6.45) is -5.37. The van der Waals surface area contributed by atoms with E-state index >= 15 is 0 Å². The molecule has 2 fully saturated rings. The highest BCUT2D eigenvalue weighted by atomic mass is 19.4. The minimum atomic E-state index is -4.66. The molecule has 0 aliphatic carbocycles. The summed E-state index contributed by atoms with van der Waals surface area (Å²) >= 11 is 0. The summed E-state index contributed by atoms with van der Waals surface area (Å²) in [6, 6.07) is 5.31. The third kappa shape index (κ3) is 7.99. The number of carbonyl (C=O) groups excluding carboxylic acids is 4. The smallest absolute Gasteiger partial charge is 0.356 e. The highest BCUT2D eigenvalue weighted by Crippen LogP contribution is 2.38. The number of nitrogens with zero attached hydrogens (tertiary/aromatic N) is 2. The zero-order valence-corrected chi connectivity index (χ0v) is 24.0. The van der Waals surface area contributed by atoms with Crippen LogP contribution in [0.1, 0.15) is 51.7 Å². The number of hydrogen-bond donors (Lipinski definition) is 3. The van der Waals surface area contributed by atoms with Crippen molar-refractivity contribution in [2.24, 2.45) is 23.2 Å². The van der Waals surface area contributed by atoms with Gasteiger partial charge in [-0.25, -0.2) is 0 Å². The number of alkyl halides is 3. The second kappa shape index (κ2) is 12.5. The lowest BCUT2D eigenvalue weighted by Gasteiger charge is -2.35. The number of carbonyl (C=O) groups is 4. The SMILES string of the molecule is Cc1ccc(CC(=O)N[C@H](C(=O)N2C[C@H](C(F)(F)F)C[C@H]2C(=O)N[C@H](C#N)C[C@H]2C(=O)NC[C@@H]2C)C(C)(C)C)cc1. The van der Waals surface area contributed by atoms with E-state index in [-0.39, 0.29) is 24.7 Å². The summed E-state index contributed by atoms with van der Waals surface area (Å²) in [5.74, 6) is -5.00. The molecule has 0 spiro atoms. The van der Waals surface area contributed by atoms with Gasteiger partial charge in [0.05, 0.1) is 18.4 Å². The Morgan fingerprint density at radius 1 is 1.15 bits per heavy atom. The van der Waals surface area contributed by atoms with Gasteiger partial charge in [0.2, 0.25) is 23.6 Å². The number of nitrogens with one attached hydrogen (secondary N) is 3. The van der Waals surface area contributed by atoms with Crippen molar-refractivity contribution < 1.29 is 32.3 Å². The van der Waals surface area contributed by atoms with Gasteiger partial charge in [-0.1, -0.05) is 57.5 Å². The summed E-state index contributed by atoms with van der Waals surface area (Å²) in [4.78, 5) is 53.0. The number of halogens is 3. The lowest BCUT2D eigenvalue weighted by molar-refractivity contribution is -0.171. The number of hydrogen-bond acceptors (Lipinski definition) is 5. The fourth-order valence-electron chi connectivity index (χ4n) is 5.28. The van der Waals surface area contributed by atoms with E-state index < -0.39 is 72.2 Å². The number of likely N-dealkylation sites (tertiary alicyclic amines) is 1. The Bertz CT molecular complexity index is 1190. The van der Waals surface area contributed by atoms with Crippen LogP contribution in [0.5, 0.6) is 0 Å². The molecule has 12 heteroatoms. The van der Waals surface area contributed by atoms with E-state index in [4.69, 9.17) is 0 Å². The summed E-state index contributed by atoms with van der Waals surface area (Å²) in [7, 11) is 0. The molecule has 41 heavy (non-hydrogen) atoms. The topological polar surface area (TPSA) is 131 Å². The van der Waals surface area contributed by atoms with Gasteiger partial charge in [0.1, 0.15) is 18.1 Å². The van der Waals surface area contributed by atoms with Crippen LogP contribution in [0, 0.1) is 41.4 Å². The zero-order valence-electron chi connectivity index (χ0n) is 24.0. The average Bonchev–Trinajstić information content (AvgIpc) is 3.47. The van der Waals surface area contributed by atoms with Gasteiger partial charge < -0.3 is 20.9 Å². The predicted molar refractivity (Wildman–Crippen MR) is 144 cm³/mol. The van der Waals surface area contributed by atoms with Gasteiger partial charge in [-0.3, -0.25) is 19.2 Å².